The Bertz CT molecular complexity index is 722. The largest absolute Gasteiger partial charge is 0.378 e. The molecule has 3 heterocycles. The Morgan fingerprint density at radius 3 is 2.28 bits per heavy atom. The number of morpholine rings is 2. The molecule has 4 rings (SSSR count). The molecule has 2 aliphatic rings. The van der Waals surface area contributed by atoms with E-state index in [9.17, 15) is 4.79 Å². The molecule has 1 aromatic heterocycles. The summed E-state index contributed by atoms with van der Waals surface area (Å²) in [7, 11) is 0. The summed E-state index contributed by atoms with van der Waals surface area (Å²) in [6, 6.07) is 9.95. The average molecular weight is 359 g/mol. The number of anilines is 1. The Kier molecular flexibility index (Phi) is 4.96. The number of carbonyl (C=O) groups is 1. The maximum atomic E-state index is 13.1. The quantitative estimate of drug-likeness (QED) is 0.840. The lowest BCUT2D eigenvalue weighted by atomic mass is 10.1. The first-order valence-corrected chi connectivity index (χ1v) is 9.40. The molecule has 0 saturated carbocycles. The molecule has 6 nitrogen and oxygen atoms in total. The Morgan fingerprint density at radius 2 is 1.60 bits per heavy atom. The van der Waals surface area contributed by atoms with Crippen LogP contribution in [0.25, 0.3) is 11.3 Å². The van der Waals surface area contributed by atoms with Crippen molar-refractivity contribution in [2.45, 2.75) is 0 Å². The second-order valence-corrected chi connectivity index (χ2v) is 7.02. The highest BCUT2D eigenvalue weighted by molar-refractivity contribution is 7.18. The van der Waals surface area contributed by atoms with Gasteiger partial charge in [-0.05, 0) is 0 Å². The van der Waals surface area contributed by atoms with E-state index in [2.05, 4.69) is 4.90 Å². The molecule has 0 unspecified atom stereocenters. The van der Waals surface area contributed by atoms with E-state index in [0.717, 1.165) is 34.4 Å². The van der Waals surface area contributed by atoms with Gasteiger partial charge in [0.05, 0.1) is 32.1 Å². The minimum Gasteiger partial charge on any atom is -0.378 e. The number of carbonyl (C=O) groups excluding carboxylic acids is 1. The van der Waals surface area contributed by atoms with Crippen molar-refractivity contribution < 1.29 is 14.3 Å². The Labute approximate surface area is 151 Å². The summed E-state index contributed by atoms with van der Waals surface area (Å²) in [4.78, 5) is 22.7. The lowest BCUT2D eigenvalue weighted by molar-refractivity contribution is 0.0306. The van der Waals surface area contributed by atoms with E-state index < -0.39 is 0 Å². The van der Waals surface area contributed by atoms with Gasteiger partial charge in [-0.1, -0.05) is 41.7 Å². The summed E-state index contributed by atoms with van der Waals surface area (Å²) in [5.41, 5.74) is 1.76. The molecule has 0 atom stereocenters. The number of aromatic nitrogens is 1. The zero-order valence-electron chi connectivity index (χ0n) is 14.0. The molecule has 0 N–H and O–H groups in total. The van der Waals surface area contributed by atoms with Crippen LogP contribution in [0.5, 0.6) is 0 Å². The first-order valence-electron chi connectivity index (χ1n) is 8.59. The first kappa shape index (κ1) is 16.5. The van der Waals surface area contributed by atoms with Crippen LogP contribution >= 0.6 is 11.3 Å². The maximum absolute atomic E-state index is 13.1. The van der Waals surface area contributed by atoms with E-state index in [1.165, 1.54) is 11.3 Å². The SMILES string of the molecule is O=C(c1sc(N2CCOCC2)nc1-c1ccccc1)N1CCOCC1. The van der Waals surface area contributed by atoms with Crippen LogP contribution in [0.1, 0.15) is 9.67 Å². The molecule has 132 valence electrons. The van der Waals surface area contributed by atoms with Crippen molar-refractivity contribution in [1.29, 1.82) is 0 Å². The van der Waals surface area contributed by atoms with Crippen molar-refractivity contribution in [3.05, 3.63) is 35.2 Å². The Morgan fingerprint density at radius 1 is 0.960 bits per heavy atom. The third-order valence-corrected chi connectivity index (χ3v) is 5.54. The van der Waals surface area contributed by atoms with Gasteiger partial charge in [-0.25, -0.2) is 4.98 Å². The van der Waals surface area contributed by atoms with Crippen LogP contribution in [-0.2, 0) is 9.47 Å². The van der Waals surface area contributed by atoms with E-state index in [0.29, 0.717) is 39.5 Å². The predicted octanol–water partition coefficient (Wildman–Crippen LogP) is 2.12. The maximum Gasteiger partial charge on any atom is 0.266 e. The molecule has 7 heteroatoms. The van der Waals surface area contributed by atoms with E-state index in [-0.39, 0.29) is 5.91 Å². The summed E-state index contributed by atoms with van der Waals surface area (Å²) in [6.07, 6.45) is 0. The molecule has 0 aliphatic carbocycles. The number of nitrogens with zero attached hydrogens (tertiary/aromatic N) is 3. The number of rotatable bonds is 3. The molecule has 25 heavy (non-hydrogen) atoms. The lowest BCUT2D eigenvalue weighted by Gasteiger charge is -2.27. The van der Waals surface area contributed by atoms with Gasteiger partial charge in [-0.3, -0.25) is 4.79 Å². The number of ether oxygens (including phenoxy) is 2. The fourth-order valence-electron chi connectivity index (χ4n) is 3.05. The highest BCUT2D eigenvalue weighted by atomic mass is 32.1. The molecular weight excluding hydrogens is 338 g/mol. The Balaban J connectivity index is 1.69. The third-order valence-electron chi connectivity index (χ3n) is 4.44. The predicted molar refractivity (Wildman–Crippen MR) is 97.3 cm³/mol. The van der Waals surface area contributed by atoms with Crippen molar-refractivity contribution in [3.63, 3.8) is 0 Å². The summed E-state index contributed by atoms with van der Waals surface area (Å²) in [6.45, 7) is 5.50. The van der Waals surface area contributed by atoms with Crippen LogP contribution < -0.4 is 4.90 Å². The molecule has 1 amide bonds. The zero-order chi connectivity index (χ0) is 17.1. The van der Waals surface area contributed by atoms with Gasteiger partial charge in [0.2, 0.25) is 0 Å². The van der Waals surface area contributed by atoms with Gasteiger partial charge >= 0.3 is 0 Å². The highest BCUT2D eigenvalue weighted by Gasteiger charge is 2.27. The number of thiazole rings is 1. The second kappa shape index (κ2) is 7.51. The van der Waals surface area contributed by atoms with Crippen LogP contribution in [0.15, 0.2) is 30.3 Å². The summed E-state index contributed by atoms with van der Waals surface area (Å²) >= 11 is 1.49. The Hall–Kier alpha value is -1.96. The normalized spacial score (nSPS) is 18.4. The molecule has 2 aromatic rings. The van der Waals surface area contributed by atoms with Crippen LogP contribution in [0.2, 0.25) is 0 Å². The topological polar surface area (TPSA) is 54.9 Å². The molecule has 2 aliphatic heterocycles. The fourth-order valence-corrected chi connectivity index (χ4v) is 4.15. The van der Waals surface area contributed by atoms with Crippen LogP contribution in [0.3, 0.4) is 0 Å². The summed E-state index contributed by atoms with van der Waals surface area (Å²) in [5, 5.41) is 0.902. The fraction of sp³-hybridized carbons (Fsp3) is 0.444. The monoisotopic (exact) mass is 359 g/mol. The van der Waals surface area contributed by atoms with Gasteiger partial charge in [0.1, 0.15) is 4.88 Å². The van der Waals surface area contributed by atoms with Crippen LogP contribution in [-0.4, -0.2) is 68.4 Å². The average Bonchev–Trinajstić information content (AvgIpc) is 3.15. The van der Waals surface area contributed by atoms with Crippen molar-refractivity contribution in [2.24, 2.45) is 0 Å². The van der Waals surface area contributed by atoms with Gasteiger partial charge in [0.25, 0.3) is 5.91 Å². The number of hydrogen-bond acceptors (Lipinski definition) is 6. The van der Waals surface area contributed by atoms with Crippen LogP contribution in [0.4, 0.5) is 5.13 Å². The summed E-state index contributed by atoms with van der Waals surface area (Å²) in [5.74, 6) is 0.0548. The number of amides is 1. The van der Waals surface area contributed by atoms with Crippen molar-refractivity contribution in [1.82, 2.24) is 9.88 Å². The van der Waals surface area contributed by atoms with E-state index in [1.807, 2.05) is 35.2 Å². The van der Waals surface area contributed by atoms with E-state index in [1.54, 1.807) is 0 Å². The molecule has 2 fully saturated rings. The van der Waals surface area contributed by atoms with Gasteiger partial charge in [-0.15, -0.1) is 0 Å². The van der Waals surface area contributed by atoms with Gasteiger partial charge in [0.15, 0.2) is 5.13 Å². The number of hydrogen-bond donors (Lipinski definition) is 0. The second-order valence-electron chi connectivity index (χ2n) is 6.04. The highest BCUT2D eigenvalue weighted by Crippen LogP contribution is 2.34. The summed E-state index contributed by atoms with van der Waals surface area (Å²) < 4.78 is 10.8. The minimum atomic E-state index is 0.0548. The molecule has 0 bridgehead atoms. The smallest absolute Gasteiger partial charge is 0.266 e. The number of benzene rings is 1. The molecule has 1 aromatic carbocycles. The molecular formula is C18H21N3O3S. The van der Waals surface area contributed by atoms with Crippen molar-refractivity contribution >= 4 is 22.4 Å². The lowest BCUT2D eigenvalue weighted by Crippen LogP contribution is -2.40. The van der Waals surface area contributed by atoms with Gasteiger partial charge < -0.3 is 19.3 Å². The molecule has 0 radical (unpaired) electrons. The van der Waals surface area contributed by atoms with Gasteiger partial charge in [-0.2, -0.15) is 0 Å². The molecule has 2 saturated heterocycles. The third kappa shape index (κ3) is 3.53. The van der Waals surface area contributed by atoms with Crippen molar-refractivity contribution in [2.75, 3.05) is 57.5 Å². The molecule has 0 spiro atoms. The van der Waals surface area contributed by atoms with E-state index >= 15 is 0 Å². The van der Waals surface area contributed by atoms with Crippen molar-refractivity contribution in [3.8, 4) is 11.3 Å². The zero-order valence-corrected chi connectivity index (χ0v) is 14.8. The standard InChI is InChI=1S/C18H21N3O3S/c22-17(20-6-10-23-11-7-20)16-15(14-4-2-1-3-5-14)19-18(25-16)21-8-12-24-13-9-21/h1-5H,6-13H2. The van der Waals surface area contributed by atoms with E-state index in [4.69, 9.17) is 14.5 Å². The van der Waals surface area contributed by atoms with Crippen LogP contribution in [0, 0.1) is 0 Å². The first-order chi connectivity index (χ1) is 12.3. The minimum absolute atomic E-state index is 0.0548. The van der Waals surface area contributed by atoms with Gasteiger partial charge in [0, 0.05) is 31.7 Å².